The Morgan fingerprint density at radius 2 is 1.69 bits per heavy atom. The normalized spacial score (nSPS) is 15.9. The van der Waals surface area contributed by atoms with Crippen LogP contribution < -0.4 is 5.14 Å². The van der Waals surface area contributed by atoms with Crippen molar-refractivity contribution in [2.24, 2.45) is 5.14 Å². The molecule has 0 unspecified atom stereocenters. The van der Waals surface area contributed by atoms with Gasteiger partial charge in [0.15, 0.2) is 0 Å². The minimum Gasteiger partial charge on any atom is -0.339 e. The van der Waals surface area contributed by atoms with E-state index >= 15 is 0 Å². The van der Waals surface area contributed by atoms with E-state index in [1.54, 1.807) is 24.8 Å². The predicted octanol–water partition coefficient (Wildman–Crippen LogP) is 2.97. The molecule has 1 aliphatic rings. The van der Waals surface area contributed by atoms with Crippen LogP contribution in [0.5, 0.6) is 0 Å². The molecule has 2 aromatic rings. The monoisotopic (exact) mass is 372 g/mol. The molecule has 1 saturated heterocycles. The van der Waals surface area contributed by atoms with E-state index in [4.69, 9.17) is 5.14 Å². The highest BCUT2D eigenvalue weighted by Crippen LogP contribution is 2.29. The maximum absolute atomic E-state index is 12.9. The fourth-order valence-corrected chi connectivity index (χ4v) is 4.45. The van der Waals surface area contributed by atoms with Gasteiger partial charge in [-0.05, 0) is 61.4 Å². The lowest BCUT2D eigenvalue weighted by Crippen LogP contribution is -2.38. The molecule has 138 valence electrons. The highest BCUT2D eigenvalue weighted by Gasteiger charge is 2.26. The van der Waals surface area contributed by atoms with Gasteiger partial charge in [-0.2, -0.15) is 0 Å². The topological polar surface area (TPSA) is 80.5 Å². The Morgan fingerprint density at radius 3 is 2.27 bits per heavy atom. The van der Waals surface area contributed by atoms with E-state index in [9.17, 15) is 13.2 Å². The number of aryl methyl sites for hydroxylation is 1. The van der Waals surface area contributed by atoms with Crippen LogP contribution in [0, 0.1) is 13.8 Å². The predicted molar refractivity (Wildman–Crippen MR) is 102 cm³/mol. The second-order valence-electron chi connectivity index (χ2n) is 6.94. The van der Waals surface area contributed by atoms with E-state index < -0.39 is 10.0 Å². The Labute approximate surface area is 154 Å². The molecule has 3 rings (SSSR count). The lowest BCUT2D eigenvalue weighted by molar-refractivity contribution is 0.0712. The maximum Gasteiger partial charge on any atom is 0.253 e. The van der Waals surface area contributed by atoms with E-state index in [0.29, 0.717) is 30.1 Å². The summed E-state index contributed by atoms with van der Waals surface area (Å²) in [6.45, 7) is 4.82. The Morgan fingerprint density at radius 1 is 1.08 bits per heavy atom. The largest absolute Gasteiger partial charge is 0.339 e. The van der Waals surface area contributed by atoms with Crippen molar-refractivity contribution in [2.75, 3.05) is 13.1 Å². The number of sulfonamides is 1. The fourth-order valence-electron chi connectivity index (χ4n) is 3.57. The van der Waals surface area contributed by atoms with Crippen molar-refractivity contribution < 1.29 is 13.2 Å². The number of likely N-dealkylation sites (tertiary alicyclic amines) is 1. The molecule has 0 bridgehead atoms. The maximum atomic E-state index is 12.9. The first-order valence-corrected chi connectivity index (χ1v) is 10.3. The van der Waals surface area contributed by atoms with Crippen molar-refractivity contribution in [2.45, 2.75) is 37.5 Å². The zero-order valence-electron chi connectivity index (χ0n) is 15.1. The number of carbonyl (C=O) groups excluding carboxylic acids is 1. The van der Waals surface area contributed by atoms with Crippen LogP contribution in [-0.4, -0.2) is 32.3 Å². The Balaban J connectivity index is 1.78. The number of rotatable bonds is 3. The summed E-state index contributed by atoms with van der Waals surface area (Å²) in [6.07, 6.45) is 1.81. The van der Waals surface area contributed by atoms with Gasteiger partial charge in [-0.1, -0.05) is 30.3 Å². The minimum atomic E-state index is -3.86. The summed E-state index contributed by atoms with van der Waals surface area (Å²) in [6, 6.07) is 13.5. The Kier molecular flexibility index (Phi) is 5.16. The van der Waals surface area contributed by atoms with Crippen molar-refractivity contribution in [1.29, 1.82) is 0 Å². The summed E-state index contributed by atoms with van der Waals surface area (Å²) in [5.41, 5.74) is 3.03. The number of primary sulfonamides is 1. The second kappa shape index (κ2) is 7.21. The van der Waals surface area contributed by atoms with Gasteiger partial charge in [-0.25, -0.2) is 13.6 Å². The number of hydrogen-bond donors (Lipinski definition) is 1. The number of nitrogens with two attached hydrogens (primary N) is 1. The third kappa shape index (κ3) is 3.81. The first-order chi connectivity index (χ1) is 12.3. The van der Waals surface area contributed by atoms with E-state index in [-0.39, 0.29) is 10.8 Å². The lowest BCUT2D eigenvalue weighted by atomic mass is 9.89. The van der Waals surface area contributed by atoms with Crippen molar-refractivity contribution in [1.82, 2.24) is 4.90 Å². The van der Waals surface area contributed by atoms with Crippen LogP contribution in [0.2, 0.25) is 0 Å². The molecule has 2 aromatic carbocycles. The molecule has 5 nitrogen and oxygen atoms in total. The van der Waals surface area contributed by atoms with Crippen molar-refractivity contribution in [3.8, 4) is 0 Å². The smallest absolute Gasteiger partial charge is 0.253 e. The standard InChI is InChI=1S/C20H24N2O3S/c1-14-12-18(13-19(15(14)2)26(21,24)25)20(23)22-10-8-17(9-11-22)16-6-4-3-5-7-16/h3-7,12-13,17H,8-11H2,1-2H3,(H2,21,24,25). The zero-order valence-corrected chi connectivity index (χ0v) is 15.9. The van der Waals surface area contributed by atoms with Gasteiger partial charge < -0.3 is 4.90 Å². The number of amides is 1. The third-order valence-electron chi connectivity index (χ3n) is 5.23. The second-order valence-corrected chi connectivity index (χ2v) is 8.47. The lowest BCUT2D eigenvalue weighted by Gasteiger charge is -2.32. The summed E-state index contributed by atoms with van der Waals surface area (Å²) in [7, 11) is -3.86. The van der Waals surface area contributed by atoms with Gasteiger partial charge in [0.2, 0.25) is 10.0 Å². The number of nitrogens with zero attached hydrogens (tertiary/aromatic N) is 1. The summed E-state index contributed by atoms with van der Waals surface area (Å²) in [5.74, 6) is 0.324. The number of hydrogen-bond acceptors (Lipinski definition) is 3. The molecule has 1 amide bonds. The first kappa shape index (κ1) is 18.6. The molecule has 0 atom stereocenters. The van der Waals surface area contributed by atoms with Gasteiger partial charge in [0.25, 0.3) is 5.91 Å². The minimum absolute atomic E-state index is 0.0278. The molecule has 1 aliphatic heterocycles. The van der Waals surface area contributed by atoms with Crippen LogP contribution >= 0.6 is 0 Å². The van der Waals surface area contributed by atoms with Crippen molar-refractivity contribution in [3.05, 3.63) is 64.7 Å². The van der Waals surface area contributed by atoms with Crippen LogP contribution in [0.3, 0.4) is 0 Å². The quantitative estimate of drug-likeness (QED) is 0.899. The van der Waals surface area contributed by atoms with Gasteiger partial charge >= 0.3 is 0 Å². The summed E-state index contributed by atoms with van der Waals surface area (Å²) < 4.78 is 23.6. The van der Waals surface area contributed by atoms with E-state index in [1.165, 1.54) is 11.6 Å². The van der Waals surface area contributed by atoms with Gasteiger partial charge in [0.1, 0.15) is 0 Å². The SMILES string of the molecule is Cc1cc(C(=O)N2CCC(c3ccccc3)CC2)cc(S(N)(=O)=O)c1C. The van der Waals surface area contributed by atoms with Crippen LogP contribution in [0.1, 0.15) is 45.8 Å². The molecule has 0 saturated carbocycles. The highest BCUT2D eigenvalue weighted by molar-refractivity contribution is 7.89. The Bertz CT molecular complexity index is 916. The van der Waals surface area contributed by atoms with Crippen molar-refractivity contribution >= 4 is 15.9 Å². The molecular weight excluding hydrogens is 348 g/mol. The third-order valence-corrected chi connectivity index (χ3v) is 6.26. The Hall–Kier alpha value is -2.18. The average molecular weight is 372 g/mol. The van der Waals surface area contributed by atoms with Gasteiger partial charge in [0.05, 0.1) is 4.90 Å². The van der Waals surface area contributed by atoms with Crippen LogP contribution in [0.25, 0.3) is 0 Å². The van der Waals surface area contributed by atoms with Gasteiger partial charge in [0, 0.05) is 18.7 Å². The molecule has 6 heteroatoms. The summed E-state index contributed by atoms with van der Waals surface area (Å²) in [5, 5.41) is 5.30. The van der Waals surface area contributed by atoms with Gasteiger partial charge in [-0.3, -0.25) is 4.79 Å². The van der Waals surface area contributed by atoms with E-state index in [2.05, 4.69) is 12.1 Å². The molecule has 0 aromatic heterocycles. The zero-order chi connectivity index (χ0) is 18.9. The summed E-state index contributed by atoms with van der Waals surface area (Å²) in [4.78, 5) is 14.7. The molecule has 0 aliphatic carbocycles. The van der Waals surface area contributed by atoms with Crippen LogP contribution in [0.4, 0.5) is 0 Å². The number of benzene rings is 2. The molecule has 26 heavy (non-hydrogen) atoms. The molecule has 0 radical (unpaired) electrons. The van der Waals surface area contributed by atoms with E-state index in [1.807, 2.05) is 18.2 Å². The van der Waals surface area contributed by atoms with Crippen LogP contribution in [-0.2, 0) is 10.0 Å². The highest BCUT2D eigenvalue weighted by atomic mass is 32.2. The molecule has 1 heterocycles. The summed E-state index contributed by atoms with van der Waals surface area (Å²) >= 11 is 0. The molecule has 0 spiro atoms. The fraction of sp³-hybridized carbons (Fsp3) is 0.350. The molecular formula is C20H24N2O3S. The first-order valence-electron chi connectivity index (χ1n) is 8.75. The number of carbonyl (C=O) groups is 1. The average Bonchev–Trinajstić information content (AvgIpc) is 2.63. The number of piperidine rings is 1. The van der Waals surface area contributed by atoms with E-state index in [0.717, 1.165) is 18.4 Å². The molecule has 1 fully saturated rings. The van der Waals surface area contributed by atoms with Crippen molar-refractivity contribution in [3.63, 3.8) is 0 Å². The molecule has 2 N–H and O–H groups in total. The van der Waals surface area contributed by atoms with Crippen LogP contribution in [0.15, 0.2) is 47.4 Å². The van der Waals surface area contributed by atoms with Gasteiger partial charge in [-0.15, -0.1) is 0 Å².